The van der Waals surface area contributed by atoms with Crippen molar-refractivity contribution in [3.8, 4) is 82.5 Å². The Balaban J connectivity index is 1.66. The predicted octanol–water partition coefficient (Wildman–Crippen LogP) is 5.67. The van der Waals surface area contributed by atoms with E-state index in [0.717, 1.165) is 0 Å². The first kappa shape index (κ1) is 34.4. The van der Waals surface area contributed by atoms with Crippen LogP contribution in [0.25, 0.3) is 0 Å². The SMILES string of the molecule is O=C(CCCC#CC#CC#CC#CC#CC#CCCCC(=O)Oc1c(F)c(F)cc(F)c1F)Oc1c(F)c(F)cc(F)c1F. The van der Waals surface area contributed by atoms with E-state index in [1.807, 2.05) is 0 Å². The van der Waals surface area contributed by atoms with E-state index in [1.54, 1.807) is 0 Å². The van der Waals surface area contributed by atoms with Crippen LogP contribution in [0.2, 0.25) is 0 Å². The van der Waals surface area contributed by atoms with Gasteiger partial charge in [0.1, 0.15) is 0 Å². The highest BCUT2D eigenvalue weighted by Crippen LogP contribution is 2.28. The number of benzene rings is 2. The minimum Gasteiger partial charge on any atom is -0.420 e. The smallest absolute Gasteiger partial charge is 0.311 e. The number of rotatable bonds is 8. The van der Waals surface area contributed by atoms with Crippen LogP contribution in [-0.4, -0.2) is 11.9 Å². The Bertz CT molecular complexity index is 1640. The number of esters is 2. The molecule has 12 heteroatoms. The Labute approximate surface area is 246 Å². The lowest BCUT2D eigenvalue weighted by Gasteiger charge is -2.07. The van der Waals surface area contributed by atoms with E-state index in [9.17, 15) is 44.7 Å². The van der Waals surface area contributed by atoms with Crippen molar-refractivity contribution < 1.29 is 54.2 Å². The van der Waals surface area contributed by atoms with Crippen LogP contribution in [0.5, 0.6) is 11.5 Å². The topological polar surface area (TPSA) is 52.6 Å². The van der Waals surface area contributed by atoms with E-state index in [2.05, 4.69) is 80.5 Å². The third-order valence-corrected chi connectivity index (χ3v) is 4.68. The van der Waals surface area contributed by atoms with Crippen molar-refractivity contribution in [2.75, 3.05) is 0 Å². The molecule has 0 atom stereocenters. The lowest BCUT2D eigenvalue weighted by molar-refractivity contribution is -0.135. The van der Waals surface area contributed by atoms with Crippen LogP contribution in [0, 0.1) is 118 Å². The second-order valence-corrected chi connectivity index (χ2v) is 7.85. The van der Waals surface area contributed by atoms with Crippen molar-refractivity contribution in [2.24, 2.45) is 0 Å². The molecule has 4 nitrogen and oxygen atoms in total. The first-order valence-corrected chi connectivity index (χ1v) is 12.1. The summed E-state index contributed by atoms with van der Waals surface area (Å²) in [5.74, 6) is 9.81. The predicted molar refractivity (Wildman–Crippen MR) is 138 cm³/mol. The van der Waals surface area contributed by atoms with E-state index in [-0.39, 0.29) is 50.7 Å². The van der Waals surface area contributed by atoms with Crippen LogP contribution in [-0.2, 0) is 9.59 Å². The van der Waals surface area contributed by atoms with E-state index < -0.39 is 70.0 Å². The van der Waals surface area contributed by atoms with Crippen molar-refractivity contribution >= 4 is 11.9 Å². The molecule has 0 aliphatic carbocycles. The van der Waals surface area contributed by atoms with Crippen LogP contribution >= 0.6 is 0 Å². The van der Waals surface area contributed by atoms with Crippen LogP contribution in [0.15, 0.2) is 12.1 Å². The Morgan fingerprint density at radius 1 is 0.477 bits per heavy atom. The molecule has 0 spiro atoms. The van der Waals surface area contributed by atoms with E-state index >= 15 is 0 Å². The lowest BCUT2D eigenvalue weighted by Crippen LogP contribution is -2.11. The molecule has 2 rings (SSSR count). The van der Waals surface area contributed by atoms with Gasteiger partial charge in [0, 0.05) is 37.8 Å². The Kier molecular flexibility index (Phi) is 14.0. The number of carbonyl (C=O) groups excluding carboxylic acids is 2. The molecule has 0 aromatic heterocycles. The highest BCUT2D eigenvalue weighted by Gasteiger charge is 2.24. The third kappa shape index (κ3) is 11.2. The summed E-state index contributed by atoms with van der Waals surface area (Å²) in [6.07, 6.45) is -0.143. The Hall–Kier alpha value is -5.82. The van der Waals surface area contributed by atoms with E-state index in [4.69, 9.17) is 0 Å². The zero-order valence-electron chi connectivity index (χ0n) is 22.1. The molecule has 0 saturated heterocycles. The molecular weight excluding hydrogens is 600 g/mol. The van der Waals surface area contributed by atoms with Crippen molar-refractivity contribution in [3.05, 3.63) is 58.7 Å². The molecule has 0 aliphatic heterocycles. The Morgan fingerprint density at radius 3 is 1.05 bits per heavy atom. The fourth-order valence-corrected chi connectivity index (χ4v) is 2.72. The quantitative estimate of drug-likeness (QED) is 0.0961. The van der Waals surface area contributed by atoms with Gasteiger partial charge in [-0.25, -0.2) is 17.6 Å². The minimum atomic E-state index is -1.82. The molecule has 0 N–H and O–H groups in total. The zero-order valence-corrected chi connectivity index (χ0v) is 22.1. The number of hydrogen-bond acceptors (Lipinski definition) is 4. The van der Waals surface area contributed by atoms with Crippen LogP contribution in [0.3, 0.4) is 0 Å². The standard InChI is InChI=1S/C32H14F8O4/c33-21-19-22(34)28(38)31(27(21)37)43-25(41)17-15-13-11-9-7-5-3-1-2-4-6-8-10-12-14-16-18-26(42)44-32-29(39)23(35)20-24(36)30(32)40/h19-20H,13-18H2. The minimum absolute atomic E-state index is 0.0114. The van der Waals surface area contributed by atoms with Gasteiger partial charge in [-0.15, -0.1) is 0 Å². The van der Waals surface area contributed by atoms with E-state index in [0.29, 0.717) is 0 Å². The fraction of sp³-hybridized carbons (Fsp3) is 0.188. The van der Waals surface area contributed by atoms with Crippen LogP contribution in [0.1, 0.15) is 38.5 Å². The van der Waals surface area contributed by atoms with Gasteiger partial charge in [-0.1, -0.05) is 11.8 Å². The highest BCUT2D eigenvalue weighted by molar-refractivity contribution is 5.73. The molecule has 0 aliphatic rings. The molecular formula is C32H14F8O4. The normalized spacial score (nSPS) is 9.00. The molecule has 0 radical (unpaired) electrons. The average Bonchev–Trinajstić information content (AvgIpc) is 2.98. The van der Waals surface area contributed by atoms with Crippen molar-refractivity contribution in [3.63, 3.8) is 0 Å². The monoisotopic (exact) mass is 614 g/mol. The summed E-state index contributed by atoms with van der Waals surface area (Å²) in [6, 6.07) is -0.0228. The summed E-state index contributed by atoms with van der Waals surface area (Å²) in [5.41, 5.74) is 0. The van der Waals surface area contributed by atoms with Crippen LogP contribution in [0.4, 0.5) is 35.1 Å². The summed E-state index contributed by atoms with van der Waals surface area (Å²) < 4.78 is 115. The van der Waals surface area contributed by atoms with Gasteiger partial charge in [-0.05, 0) is 72.0 Å². The molecule has 0 fully saturated rings. The first-order chi connectivity index (χ1) is 21.0. The number of carbonyl (C=O) groups is 2. The zero-order chi connectivity index (χ0) is 32.5. The molecule has 0 saturated carbocycles. The molecule has 44 heavy (non-hydrogen) atoms. The molecule has 222 valence electrons. The molecule has 2 aromatic rings. The number of hydrogen-bond donors (Lipinski definition) is 0. The summed E-state index contributed by atoms with van der Waals surface area (Å²) in [7, 11) is 0. The van der Waals surface area contributed by atoms with Gasteiger partial charge in [0.2, 0.25) is 34.8 Å². The largest absolute Gasteiger partial charge is 0.420 e. The third-order valence-electron chi connectivity index (χ3n) is 4.68. The van der Waals surface area contributed by atoms with Gasteiger partial charge in [0.25, 0.3) is 0 Å². The summed E-state index contributed by atoms with van der Waals surface area (Å²) in [6.45, 7) is 0. The molecule has 0 unspecified atom stereocenters. The highest BCUT2D eigenvalue weighted by atomic mass is 19.2. The number of ether oxygens (including phenoxy) is 2. The molecule has 0 amide bonds. The number of halogens is 8. The maximum atomic E-state index is 13.5. The van der Waals surface area contributed by atoms with Gasteiger partial charge < -0.3 is 9.47 Å². The second kappa shape index (κ2) is 17.9. The first-order valence-electron chi connectivity index (χ1n) is 12.1. The summed E-state index contributed by atoms with van der Waals surface area (Å²) in [4.78, 5) is 23.3. The van der Waals surface area contributed by atoms with Crippen LogP contribution < -0.4 is 9.47 Å². The molecule has 0 bridgehead atoms. The van der Waals surface area contributed by atoms with Gasteiger partial charge in [0.05, 0.1) is 0 Å². The average molecular weight is 614 g/mol. The van der Waals surface area contributed by atoms with Gasteiger partial charge in [0.15, 0.2) is 23.3 Å². The maximum Gasteiger partial charge on any atom is 0.311 e. The van der Waals surface area contributed by atoms with E-state index in [1.165, 1.54) is 0 Å². The Morgan fingerprint density at radius 2 is 0.750 bits per heavy atom. The van der Waals surface area contributed by atoms with Crippen molar-refractivity contribution in [1.82, 2.24) is 0 Å². The molecule has 2 aromatic carbocycles. The molecule has 0 heterocycles. The summed E-state index contributed by atoms with van der Waals surface area (Å²) >= 11 is 0. The van der Waals surface area contributed by atoms with Gasteiger partial charge >= 0.3 is 11.9 Å². The summed E-state index contributed by atoms with van der Waals surface area (Å²) in [5, 5.41) is 0. The lowest BCUT2D eigenvalue weighted by atomic mass is 10.2. The number of unbranched alkanes of at least 4 members (excludes halogenated alkanes) is 2. The van der Waals surface area contributed by atoms with Gasteiger partial charge in [-0.3, -0.25) is 9.59 Å². The second-order valence-electron chi connectivity index (χ2n) is 7.85. The van der Waals surface area contributed by atoms with Crippen molar-refractivity contribution in [1.29, 1.82) is 0 Å². The fourth-order valence-electron chi connectivity index (χ4n) is 2.72. The van der Waals surface area contributed by atoms with Gasteiger partial charge in [-0.2, -0.15) is 17.6 Å². The van der Waals surface area contributed by atoms with Crippen molar-refractivity contribution in [2.45, 2.75) is 38.5 Å². The maximum absolute atomic E-state index is 13.5.